The summed E-state index contributed by atoms with van der Waals surface area (Å²) in [5.41, 5.74) is 0. The largest absolute Gasteiger partial charge is 0.480 e. The quantitative estimate of drug-likeness (QED) is 0.564. The molecule has 0 heterocycles. The molecule has 0 aromatic rings. The summed E-state index contributed by atoms with van der Waals surface area (Å²) < 4.78 is 5.40. The summed E-state index contributed by atoms with van der Waals surface area (Å²) >= 11 is 0. The van der Waals surface area contributed by atoms with Crippen LogP contribution in [0.4, 0.5) is 0 Å². The first-order valence-electron chi connectivity index (χ1n) is 6.11. The Hall–Kier alpha value is -0.610. The van der Waals surface area contributed by atoms with Crippen molar-refractivity contribution in [3.63, 3.8) is 0 Å². The number of hydrogen-bond donors (Lipinski definition) is 2. The van der Waals surface area contributed by atoms with E-state index in [1.807, 2.05) is 6.92 Å². The van der Waals surface area contributed by atoms with Gasteiger partial charge in [-0.15, -0.1) is 0 Å². The van der Waals surface area contributed by atoms with E-state index < -0.39 is 12.0 Å². The first kappa shape index (κ1) is 15.4. The second-order valence-electron chi connectivity index (χ2n) is 4.43. The Kier molecular flexibility index (Phi) is 9.24. The molecule has 0 aliphatic rings. The highest BCUT2D eigenvalue weighted by Gasteiger charge is 2.14. The lowest BCUT2D eigenvalue weighted by atomic mass is 10.1. The van der Waals surface area contributed by atoms with Gasteiger partial charge in [0.05, 0.1) is 6.61 Å². The Morgan fingerprint density at radius 1 is 1.31 bits per heavy atom. The molecule has 0 amide bonds. The molecule has 0 saturated carbocycles. The van der Waals surface area contributed by atoms with Crippen LogP contribution in [0.25, 0.3) is 0 Å². The van der Waals surface area contributed by atoms with Crippen LogP contribution in [-0.4, -0.2) is 36.9 Å². The third-order valence-corrected chi connectivity index (χ3v) is 2.35. The van der Waals surface area contributed by atoms with Gasteiger partial charge >= 0.3 is 5.97 Å². The van der Waals surface area contributed by atoms with Crippen LogP contribution in [0.15, 0.2) is 0 Å². The average Bonchev–Trinajstić information content (AvgIpc) is 2.20. The Bertz CT molecular complexity index is 183. The molecule has 0 radical (unpaired) electrons. The predicted octanol–water partition coefficient (Wildman–Crippen LogP) is 1.89. The number of ether oxygens (including phenoxy) is 1. The summed E-state index contributed by atoms with van der Waals surface area (Å²) in [6.45, 7) is 8.24. The van der Waals surface area contributed by atoms with Gasteiger partial charge in [-0.25, -0.2) is 0 Å². The molecule has 1 unspecified atom stereocenters. The highest BCUT2D eigenvalue weighted by atomic mass is 16.5. The van der Waals surface area contributed by atoms with Gasteiger partial charge < -0.3 is 15.2 Å². The van der Waals surface area contributed by atoms with Gasteiger partial charge in [-0.3, -0.25) is 4.79 Å². The maximum atomic E-state index is 10.8. The molecule has 1 atom stereocenters. The van der Waals surface area contributed by atoms with Gasteiger partial charge in [-0.2, -0.15) is 0 Å². The smallest absolute Gasteiger partial charge is 0.320 e. The van der Waals surface area contributed by atoms with E-state index in [0.717, 1.165) is 19.4 Å². The lowest BCUT2D eigenvalue weighted by molar-refractivity contribution is -0.139. The van der Waals surface area contributed by atoms with Crippen LogP contribution in [0, 0.1) is 5.92 Å². The number of hydrogen-bond acceptors (Lipinski definition) is 3. The standard InChI is InChI=1S/C12H25NO3/c1-4-5-11(12(14)15)13-7-9-16-8-6-10(2)3/h10-11,13H,4-9H2,1-3H3,(H,14,15). The second kappa shape index (κ2) is 9.60. The van der Waals surface area contributed by atoms with Crippen LogP contribution in [0.5, 0.6) is 0 Å². The Morgan fingerprint density at radius 2 is 2.00 bits per heavy atom. The minimum Gasteiger partial charge on any atom is -0.480 e. The van der Waals surface area contributed by atoms with Crippen LogP contribution in [0.1, 0.15) is 40.0 Å². The zero-order chi connectivity index (χ0) is 12.4. The number of carboxylic acids is 1. The number of carbonyl (C=O) groups is 1. The predicted molar refractivity (Wildman–Crippen MR) is 64.6 cm³/mol. The van der Waals surface area contributed by atoms with Crippen molar-refractivity contribution >= 4 is 5.97 Å². The van der Waals surface area contributed by atoms with Crippen LogP contribution in [0.2, 0.25) is 0 Å². The Labute approximate surface area is 98.4 Å². The Morgan fingerprint density at radius 3 is 2.50 bits per heavy atom. The van der Waals surface area contributed by atoms with Gasteiger partial charge in [-0.1, -0.05) is 27.2 Å². The van der Waals surface area contributed by atoms with Crippen LogP contribution in [-0.2, 0) is 9.53 Å². The molecule has 96 valence electrons. The van der Waals surface area contributed by atoms with E-state index in [2.05, 4.69) is 19.2 Å². The summed E-state index contributed by atoms with van der Waals surface area (Å²) in [6.07, 6.45) is 2.59. The van der Waals surface area contributed by atoms with Gasteiger partial charge in [-0.05, 0) is 18.8 Å². The fourth-order valence-electron chi connectivity index (χ4n) is 1.33. The summed E-state index contributed by atoms with van der Waals surface area (Å²) in [7, 11) is 0. The lowest BCUT2D eigenvalue weighted by Crippen LogP contribution is -2.38. The molecule has 0 aliphatic carbocycles. The highest BCUT2D eigenvalue weighted by Crippen LogP contribution is 1.99. The minimum atomic E-state index is -0.774. The zero-order valence-corrected chi connectivity index (χ0v) is 10.7. The summed E-state index contributed by atoms with van der Waals surface area (Å²) in [6, 6.07) is -0.432. The van der Waals surface area contributed by atoms with Gasteiger partial charge in [0.1, 0.15) is 6.04 Å². The molecule has 0 saturated heterocycles. The molecule has 0 aromatic heterocycles. The summed E-state index contributed by atoms with van der Waals surface area (Å²) in [5.74, 6) is -0.121. The van der Waals surface area contributed by atoms with Crippen molar-refractivity contribution < 1.29 is 14.6 Å². The first-order valence-corrected chi connectivity index (χ1v) is 6.11. The summed E-state index contributed by atoms with van der Waals surface area (Å²) in [5, 5.41) is 11.9. The van der Waals surface area contributed by atoms with Crippen LogP contribution < -0.4 is 5.32 Å². The van der Waals surface area contributed by atoms with Crippen molar-refractivity contribution in [2.45, 2.75) is 46.1 Å². The van der Waals surface area contributed by atoms with E-state index in [1.54, 1.807) is 0 Å². The van der Waals surface area contributed by atoms with Crippen molar-refractivity contribution in [3.8, 4) is 0 Å². The minimum absolute atomic E-state index is 0.432. The van der Waals surface area contributed by atoms with Crippen molar-refractivity contribution in [2.75, 3.05) is 19.8 Å². The molecule has 2 N–H and O–H groups in total. The molecule has 4 heteroatoms. The molecular weight excluding hydrogens is 206 g/mol. The fraction of sp³-hybridized carbons (Fsp3) is 0.917. The lowest BCUT2D eigenvalue weighted by Gasteiger charge is -2.13. The Balaban J connectivity index is 3.44. The third-order valence-electron chi connectivity index (χ3n) is 2.35. The fourth-order valence-corrected chi connectivity index (χ4v) is 1.33. The molecule has 0 rings (SSSR count). The maximum Gasteiger partial charge on any atom is 0.320 e. The molecule has 0 aliphatic heterocycles. The second-order valence-corrected chi connectivity index (χ2v) is 4.43. The number of carboxylic acid groups (broad SMARTS) is 1. The van der Waals surface area contributed by atoms with Gasteiger partial charge in [0, 0.05) is 13.2 Å². The SMILES string of the molecule is CCCC(NCCOCCC(C)C)C(=O)O. The van der Waals surface area contributed by atoms with E-state index in [4.69, 9.17) is 9.84 Å². The summed E-state index contributed by atoms with van der Waals surface area (Å²) in [4.78, 5) is 10.8. The van der Waals surface area contributed by atoms with Crippen molar-refractivity contribution in [1.29, 1.82) is 0 Å². The van der Waals surface area contributed by atoms with Crippen LogP contribution in [0.3, 0.4) is 0 Å². The van der Waals surface area contributed by atoms with Crippen molar-refractivity contribution in [2.24, 2.45) is 5.92 Å². The first-order chi connectivity index (χ1) is 7.57. The number of rotatable bonds is 10. The van der Waals surface area contributed by atoms with E-state index in [-0.39, 0.29) is 0 Å². The van der Waals surface area contributed by atoms with E-state index in [0.29, 0.717) is 25.5 Å². The normalized spacial score (nSPS) is 13.0. The highest BCUT2D eigenvalue weighted by molar-refractivity contribution is 5.73. The van der Waals surface area contributed by atoms with Crippen molar-refractivity contribution in [1.82, 2.24) is 5.32 Å². The molecule has 0 bridgehead atoms. The van der Waals surface area contributed by atoms with Gasteiger partial charge in [0.15, 0.2) is 0 Å². The zero-order valence-electron chi connectivity index (χ0n) is 10.7. The van der Waals surface area contributed by atoms with Crippen LogP contribution >= 0.6 is 0 Å². The number of nitrogens with one attached hydrogen (secondary N) is 1. The van der Waals surface area contributed by atoms with E-state index in [9.17, 15) is 4.79 Å². The molecule has 0 spiro atoms. The maximum absolute atomic E-state index is 10.8. The molecule has 16 heavy (non-hydrogen) atoms. The molecular formula is C12H25NO3. The number of aliphatic carboxylic acids is 1. The average molecular weight is 231 g/mol. The molecule has 0 aromatic carbocycles. The molecule has 4 nitrogen and oxygen atoms in total. The topological polar surface area (TPSA) is 58.6 Å². The van der Waals surface area contributed by atoms with Crippen molar-refractivity contribution in [3.05, 3.63) is 0 Å². The van der Waals surface area contributed by atoms with E-state index >= 15 is 0 Å². The van der Waals surface area contributed by atoms with Gasteiger partial charge in [0.2, 0.25) is 0 Å². The monoisotopic (exact) mass is 231 g/mol. The van der Waals surface area contributed by atoms with E-state index in [1.165, 1.54) is 0 Å². The third kappa shape index (κ3) is 8.68. The molecule has 0 fully saturated rings. The van der Waals surface area contributed by atoms with Gasteiger partial charge in [0.25, 0.3) is 0 Å².